The maximum Gasteiger partial charge on any atom is 0.241 e. The van der Waals surface area contributed by atoms with Crippen molar-refractivity contribution in [1.82, 2.24) is 4.72 Å². The highest BCUT2D eigenvalue weighted by Crippen LogP contribution is 2.34. The molecular formula is C21H25NO7S. The van der Waals surface area contributed by atoms with Gasteiger partial charge in [-0.2, -0.15) is 0 Å². The summed E-state index contributed by atoms with van der Waals surface area (Å²) in [5, 5.41) is 11.0. The first-order valence-corrected chi connectivity index (χ1v) is 11.1. The van der Waals surface area contributed by atoms with E-state index in [1.165, 1.54) is 19.2 Å². The van der Waals surface area contributed by atoms with Crippen LogP contribution >= 0.6 is 0 Å². The van der Waals surface area contributed by atoms with E-state index in [1.807, 2.05) is 37.3 Å². The van der Waals surface area contributed by atoms with Gasteiger partial charge in [0.25, 0.3) is 0 Å². The molecule has 0 bridgehead atoms. The molecule has 0 saturated carbocycles. The van der Waals surface area contributed by atoms with E-state index in [-0.39, 0.29) is 11.5 Å². The number of hydrogen-bond acceptors (Lipinski definition) is 7. The number of ether oxygens (including phenoxy) is 4. The van der Waals surface area contributed by atoms with Crippen molar-refractivity contribution in [3.63, 3.8) is 0 Å². The van der Waals surface area contributed by atoms with Crippen LogP contribution in [0.4, 0.5) is 0 Å². The molecule has 6 atom stereocenters. The summed E-state index contributed by atoms with van der Waals surface area (Å²) < 4.78 is 51.1. The molecule has 2 aliphatic heterocycles. The molecular weight excluding hydrogens is 410 g/mol. The maximum absolute atomic E-state index is 12.9. The number of aliphatic hydroxyl groups is 1. The highest BCUT2D eigenvalue weighted by atomic mass is 32.2. The monoisotopic (exact) mass is 435 g/mol. The molecule has 0 radical (unpaired) electrons. The molecule has 162 valence electrons. The average molecular weight is 435 g/mol. The summed E-state index contributed by atoms with van der Waals surface area (Å²) in [6.45, 7) is 2.05. The zero-order chi connectivity index (χ0) is 21.3. The topological polar surface area (TPSA) is 103 Å². The minimum Gasteiger partial charge on any atom is -0.388 e. The van der Waals surface area contributed by atoms with Crippen molar-refractivity contribution in [2.45, 2.75) is 48.8 Å². The molecule has 2 fully saturated rings. The lowest BCUT2D eigenvalue weighted by Gasteiger charge is -2.47. The van der Waals surface area contributed by atoms with Crippen LogP contribution < -0.4 is 4.72 Å². The number of aliphatic hydroxyl groups excluding tert-OH is 1. The number of fused-ring (bicyclic) bond motifs is 1. The maximum atomic E-state index is 12.9. The van der Waals surface area contributed by atoms with Crippen LogP contribution in [0.2, 0.25) is 0 Å². The predicted octanol–water partition coefficient (Wildman–Crippen LogP) is 1.49. The number of rotatable bonds is 5. The summed E-state index contributed by atoms with van der Waals surface area (Å²) in [4.78, 5) is 0.0901. The quantitative estimate of drug-likeness (QED) is 0.733. The van der Waals surface area contributed by atoms with Gasteiger partial charge in [0.1, 0.15) is 24.4 Å². The Labute approximate surface area is 175 Å². The molecule has 30 heavy (non-hydrogen) atoms. The Hall–Kier alpha value is -1.85. The van der Waals surface area contributed by atoms with Gasteiger partial charge in [-0.15, -0.1) is 0 Å². The van der Waals surface area contributed by atoms with E-state index in [2.05, 4.69) is 4.72 Å². The van der Waals surface area contributed by atoms with Gasteiger partial charge in [-0.3, -0.25) is 0 Å². The largest absolute Gasteiger partial charge is 0.388 e. The fourth-order valence-electron chi connectivity index (χ4n) is 3.66. The summed E-state index contributed by atoms with van der Waals surface area (Å²) in [6, 6.07) is 14.7. The molecule has 8 nitrogen and oxygen atoms in total. The van der Waals surface area contributed by atoms with Gasteiger partial charge in [0.05, 0.1) is 11.5 Å². The van der Waals surface area contributed by atoms with Crippen molar-refractivity contribution in [2.24, 2.45) is 0 Å². The number of sulfonamides is 1. The standard InChI is InChI=1S/C21H25NO7S/c1-13-8-10-15(11-9-13)30(24,25)22-17-18(23)19-16(28-21(17)26-2)12-27-20(29-19)14-6-4-3-5-7-14/h3-11,16-23H,12H2,1-2H3/t16?,17?,18?,19-,20?,21+/m1/s1. The number of benzene rings is 2. The van der Waals surface area contributed by atoms with Gasteiger partial charge >= 0.3 is 0 Å². The van der Waals surface area contributed by atoms with Crippen molar-refractivity contribution in [2.75, 3.05) is 13.7 Å². The van der Waals surface area contributed by atoms with Gasteiger partial charge < -0.3 is 24.1 Å². The Balaban J connectivity index is 1.55. The minimum atomic E-state index is -3.91. The number of methoxy groups -OCH3 is 1. The first kappa shape index (κ1) is 21.4. The summed E-state index contributed by atoms with van der Waals surface area (Å²) in [5.41, 5.74) is 1.74. The van der Waals surface area contributed by atoms with E-state index in [0.717, 1.165) is 11.1 Å². The van der Waals surface area contributed by atoms with Crippen LogP contribution in [0.3, 0.4) is 0 Å². The van der Waals surface area contributed by atoms with Crippen molar-refractivity contribution in [3.8, 4) is 0 Å². The molecule has 0 spiro atoms. The van der Waals surface area contributed by atoms with Crippen LogP contribution in [0.1, 0.15) is 17.4 Å². The van der Waals surface area contributed by atoms with Gasteiger partial charge in [-0.05, 0) is 19.1 Å². The molecule has 2 N–H and O–H groups in total. The van der Waals surface area contributed by atoms with Crippen molar-refractivity contribution < 1.29 is 32.5 Å². The second-order valence-corrected chi connectivity index (χ2v) is 9.12. The molecule has 4 rings (SSSR count). The summed E-state index contributed by atoms with van der Waals surface area (Å²) in [5.74, 6) is 0. The average Bonchev–Trinajstić information content (AvgIpc) is 2.76. The zero-order valence-corrected chi connectivity index (χ0v) is 17.5. The SMILES string of the molecule is CO[C@H]1OC2COC(c3ccccc3)O[C@H]2C(O)C1NS(=O)(=O)c1ccc(C)cc1. The van der Waals surface area contributed by atoms with E-state index < -0.39 is 47.0 Å². The van der Waals surface area contributed by atoms with E-state index in [0.29, 0.717) is 0 Å². The zero-order valence-electron chi connectivity index (χ0n) is 16.7. The Kier molecular flexibility index (Phi) is 6.21. The molecule has 2 aromatic rings. The van der Waals surface area contributed by atoms with E-state index in [9.17, 15) is 13.5 Å². The van der Waals surface area contributed by atoms with Crippen LogP contribution in [-0.2, 0) is 29.0 Å². The molecule has 2 aliphatic rings. The molecule has 2 saturated heterocycles. The molecule has 2 heterocycles. The normalized spacial score (nSPS) is 31.8. The summed E-state index contributed by atoms with van der Waals surface area (Å²) >= 11 is 0. The second kappa shape index (κ2) is 8.72. The third kappa shape index (κ3) is 4.28. The van der Waals surface area contributed by atoms with Crippen LogP contribution in [0.15, 0.2) is 59.5 Å². The minimum absolute atomic E-state index is 0.0901. The lowest BCUT2D eigenvalue weighted by atomic mass is 9.96. The predicted molar refractivity (Wildman–Crippen MR) is 107 cm³/mol. The smallest absolute Gasteiger partial charge is 0.241 e. The van der Waals surface area contributed by atoms with E-state index in [1.54, 1.807) is 12.1 Å². The first-order chi connectivity index (χ1) is 14.4. The highest BCUT2D eigenvalue weighted by Gasteiger charge is 2.50. The second-order valence-electron chi connectivity index (χ2n) is 7.41. The van der Waals surface area contributed by atoms with Crippen molar-refractivity contribution in [1.29, 1.82) is 0 Å². The Morgan fingerprint density at radius 3 is 2.43 bits per heavy atom. The third-order valence-corrected chi connectivity index (χ3v) is 6.77. The first-order valence-electron chi connectivity index (χ1n) is 9.66. The van der Waals surface area contributed by atoms with Crippen LogP contribution in [-0.4, -0.2) is 57.9 Å². The van der Waals surface area contributed by atoms with Crippen LogP contribution in [0.5, 0.6) is 0 Å². The van der Waals surface area contributed by atoms with E-state index >= 15 is 0 Å². The lowest BCUT2D eigenvalue weighted by Crippen LogP contribution is -2.66. The van der Waals surface area contributed by atoms with Gasteiger partial charge in [0, 0.05) is 12.7 Å². The van der Waals surface area contributed by atoms with Crippen molar-refractivity contribution in [3.05, 3.63) is 65.7 Å². The Morgan fingerprint density at radius 1 is 1.07 bits per heavy atom. The summed E-state index contributed by atoms with van der Waals surface area (Å²) in [7, 11) is -2.52. The van der Waals surface area contributed by atoms with Gasteiger partial charge in [-0.25, -0.2) is 13.1 Å². The Bertz CT molecular complexity index is 951. The third-order valence-electron chi connectivity index (χ3n) is 5.29. The number of nitrogens with one attached hydrogen (secondary N) is 1. The Morgan fingerprint density at radius 2 is 1.77 bits per heavy atom. The molecule has 2 aromatic carbocycles. The molecule has 0 aromatic heterocycles. The molecule has 0 aliphatic carbocycles. The fraction of sp³-hybridized carbons (Fsp3) is 0.429. The molecule has 9 heteroatoms. The molecule has 0 amide bonds. The van der Waals surface area contributed by atoms with Gasteiger partial charge in [-0.1, -0.05) is 48.0 Å². The fourth-order valence-corrected chi connectivity index (χ4v) is 4.90. The van der Waals surface area contributed by atoms with Gasteiger partial charge in [0.15, 0.2) is 12.6 Å². The van der Waals surface area contributed by atoms with Crippen molar-refractivity contribution >= 4 is 10.0 Å². The summed E-state index contributed by atoms with van der Waals surface area (Å²) in [6.07, 6.45) is -4.27. The molecule has 4 unspecified atom stereocenters. The van der Waals surface area contributed by atoms with Gasteiger partial charge in [0.2, 0.25) is 10.0 Å². The number of hydrogen-bond donors (Lipinski definition) is 2. The van der Waals surface area contributed by atoms with E-state index in [4.69, 9.17) is 18.9 Å². The number of aryl methyl sites for hydroxylation is 1. The highest BCUT2D eigenvalue weighted by molar-refractivity contribution is 7.89. The van der Waals surface area contributed by atoms with Crippen LogP contribution in [0, 0.1) is 6.92 Å². The lowest BCUT2D eigenvalue weighted by molar-refractivity contribution is -0.340. The van der Waals surface area contributed by atoms with Crippen LogP contribution in [0.25, 0.3) is 0 Å².